The van der Waals surface area contributed by atoms with E-state index in [0.717, 1.165) is 10.3 Å². The van der Waals surface area contributed by atoms with Crippen molar-refractivity contribution in [1.82, 2.24) is 9.38 Å². The lowest BCUT2D eigenvalue weighted by molar-refractivity contribution is 0.102. The fourth-order valence-corrected chi connectivity index (χ4v) is 3.27. The Bertz CT molecular complexity index is 992. The Labute approximate surface area is 134 Å². The molecule has 4 aromatic rings. The molecule has 22 heavy (non-hydrogen) atoms. The van der Waals surface area contributed by atoms with Crippen molar-refractivity contribution in [3.63, 3.8) is 0 Å². The minimum absolute atomic E-state index is 0.211. The van der Waals surface area contributed by atoms with Crippen LogP contribution in [0.4, 0.5) is 0 Å². The summed E-state index contributed by atoms with van der Waals surface area (Å²) < 4.78 is 7.39. The quantitative estimate of drug-likeness (QED) is 0.405. The molecule has 0 spiro atoms. The molecule has 0 atom stereocenters. The van der Waals surface area contributed by atoms with E-state index in [0.29, 0.717) is 22.2 Å². The summed E-state index contributed by atoms with van der Waals surface area (Å²) in [4.78, 5) is 17.3. The third-order valence-corrected chi connectivity index (χ3v) is 4.35. The van der Waals surface area contributed by atoms with Gasteiger partial charge in [0.25, 0.3) is 0 Å². The van der Waals surface area contributed by atoms with E-state index >= 15 is 0 Å². The van der Waals surface area contributed by atoms with Gasteiger partial charge in [0.2, 0.25) is 5.78 Å². The van der Waals surface area contributed by atoms with Crippen LogP contribution in [-0.2, 0) is 0 Å². The first-order valence-corrected chi connectivity index (χ1v) is 7.80. The predicted octanol–water partition coefficient (Wildman–Crippen LogP) is 4.69. The Balaban J connectivity index is 1.68. The van der Waals surface area contributed by atoms with Crippen molar-refractivity contribution >= 4 is 50.7 Å². The predicted molar refractivity (Wildman–Crippen MR) is 87.7 cm³/mol. The van der Waals surface area contributed by atoms with Gasteiger partial charge in [0.05, 0.1) is 5.69 Å². The first-order valence-electron chi connectivity index (χ1n) is 6.54. The highest BCUT2D eigenvalue weighted by Crippen LogP contribution is 2.23. The van der Waals surface area contributed by atoms with E-state index in [9.17, 15) is 4.79 Å². The standard InChI is InChI=1S/C16H9ClN2O2S/c17-15-11(19-7-8-22-16(19)18-15)5-6-12(20)14-9-10-3-1-2-4-13(10)21-14/h1-9H/b6-5+. The summed E-state index contributed by atoms with van der Waals surface area (Å²) in [7, 11) is 0. The minimum Gasteiger partial charge on any atom is -0.453 e. The van der Waals surface area contributed by atoms with Crippen molar-refractivity contribution in [2.75, 3.05) is 0 Å². The molecule has 0 N–H and O–H groups in total. The largest absolute Gasteiger partial charge is 0.453 e. The molecule has 6 heteroatoms. The number of hydrogen-bond acceptors (Lipinski definition) is 4. The molecule has 0 saturated heterocycles. The van der Waals surface area contributed by atoms with E-state index in [-0.39, 0.29) is 5.78 Å². The zero-order valence-corrected chi connectivity index (χ0v) is 12.8. The van der Waals surface area contributed by atoms with Crippen LogP contribution in [0.15, 0.2) is 52.4 Å². The Hall–Kier alpha value is -2.37. The molecule has 108 valence electrons. The number of ketones is 1. The number of benzene rings is 1. The van der Waals surface area contributed by atoms with Gasteiger partial charge < -0.3 is 4.42 Å². The lowest BCUT2D eigenvalue weighted by atomic mass is 10.2. The molecule has 0 radical (unpaired) electrons. The maximum absolute atomic E-state index is 12.2. The molecule has 0 amide bonds. The van der Waals surface area contributed by atoms with Crippen molar-refractivity contribution in [1.29, 1.82) is 0 Å². The van der Waals surface area contributed by atoms with Gasteiger partial charge in [0.1, 0.15) is 5.58 Å². The average Bonchev–Trinajstić information content (AvgIpc) is 3.19. The number of halogens is 1. The Kier molecular flexibility index (Phi) is 3.10. The molecule has 3 aromatic heterocycles. The van der Waals surface area contributed by atoms with Crippen molar-refractivity contribution in [3.8, 4) is 0 Å². The van der Waals surface area contributed by atoms with Crippen LogP contribution in [0, 0.1) is 0 Å². The lowest BCUT2D eigenvalue weighted by Crippen LogP contribution is -1.91. The van der Waals surface area contributed by atoms with Gasteiger partial charge in [0.15, 0.2) is 15.9 Å². The molecule has 1 aromatic carbocycles. The third-order valence-electron chi connectivity index (χ3n) is 3.32. The number of carbonyl (C=O) groups is 1. The van der Waals surface area contributed by atoms with Crippen LogP contribution in [-0.4, -0.2) is 15.2 Å². The fourth-order valence-electron chi connectivity index (χ4n) is 2.27. The topological polar surface area (TPSA) is 47.5 Å². The molecule has 0 unspecified atom stereocenters. The van der Waals surface area contributed by atoms with E-state index in [1.54, 1.807) is 12.1 Å². The molecule has 0 bridgehead atoms. The average molecular weight is 329 g/mol. The maximum Gasteiger partial charge on any atom is 0.221 e. The van der Waals surface area contributed by atoms with Gasteiger partial charge in [-0.25, -0.2) is 4.98 Å². The first-order chi connectivity index (χ1) is 10.7. The van der Waals surface area contributed by atoms with Crippen LogP contribution in [0.2, 0.25) is 5.15 Å². The summed E-state index contributed by atoms with van der Waals surface area (Å²) >= 11 is 7.58. The van der Waals surface area contributed by atoms with E-state index in [4.69, 9.17) is 16.0 Å². The van der Waals surface area contributed by atoms with E-state index in [2.05, 4.69) is 4.98 Å². The van der Waals surface area contributed by atoms with Gasteiger partial charge in [0, 0.05) is 17.0 Å². The zero-order chi connectivity index (χ0) is 15.1. The Morgan fingerprint density at radius 2 is 2.23 bits per heavy atom. The molecule has 0 aliphatic heterocycles. The van der Waals surface area contributed by atoms with Crippen LogP contribution in [0.1, 0.15) is 16.2 Å². The maximum atomic E-state index is 12.2. The van der Waals surface area contributed by atoms with Gasteiger partial charge in [-0.05, 0) is 24.3 Å². The molecule has 4 nitrogen and oxygen atoms in total. The van der Waals surface area contributed by atoms with Gasteiger partial charge in [-0.1, -0.05) is 29.8 Å². The SMILES string of the molecule is O=C(/C=C/c1c(Cl)nc2sccn12)c1cc2ccccc2o1. The van der Waals surface area contributed by atoms with Crippen molar-refractivity contribution in [3.05, 3.63) is 64.6 Å². The zero-order valence-electron chi connectivity index (χ0n) is 11.2. The first kappa shape index (κ1) is 13.3. The number of carbonyl (C=O) groups excluding carboxylic acids is 1. The molecule has 3 heterocycles. The Morgan fingerprint density at radius 1 is 1.36 bits per heavy atom. The van der Waals surface area contributed by atoms with Crippen LogP contribution >= 0.6 is 22.9 Å². The number of imidazole rings is 1. The number of para-hydroxylation sites is 1. The highest BCUT2D eigenvalue weighted by atomic mass is 35.5. The second-order valence-electron chi connectivity index (χ2n) is 4.69. The van der Waals surface area contributed by atoms with Crippen LogP contribution in [0.5, 0.6) is 0 Å². The number of rotatable bonds is 3. The van der Waals surface area contributed by atoms with E-state index < -0.39 is 0 Å². The number of thiazole rings is 1. The summed E-state index contributed by atoms with van der Waals surface area (Å²) in [5, 5.41) is 3.19. The van der Waals surface area contributed by atoms with Crippen molar-refractivity contribution in [2.24, 2.45) is 0 Å². The molecular formula is C16H9ClN2O2S. The highest BCUT2D eigenvalue weighted by molar-refractivity contribution is 7.15. The lowest BCUT2D eigenvalue weighted by Gasteiger charge is -1.91. The fraction of sp³-hybridized carbons (Fsp3) is 0. The monoisotopic (exact) mass is 328 g/mol. The van der Waals surface area contributed by atoms with Crippen LogP contribution in [0.3, 0.4) is 0 Å². The van der Waals surface area contributed by atoms with Crippen LogP contribution < -0.4 is 0 Å². The molecular weight excluding hydrogens is 320 g/mol. The molecule has 0 saturated carbocycles. The van der Waals surface area contributed by atoms with E-state index in [1.807, 2.05) is 40.2 Å². The Morgan fingerprint density at radius 3 is 3.09 bits per heavy atom. The summed E-state index contributed by atoms with van der Waals surface area (Å²) in [5.74, 6) is 0.0945. The number of allylic oxidation sites excluding steroid dienone is 1. The van der Waals surface area contributed by atoms with Crippen LogP contribution in [0.25, 0.3) is 22.0 Å². The van der Waals surface area contributed by atoms with Crippen molar-refractivity contribution < 1.29 is 9.21 Å². The smallest absolute Gasteiger partial charge is 0.221 e. The summed E-state index contributed by atoms with van der Waals surface area (Å²) in [6.45, 7) is 0. The van der Waals surface area contributed by atoms with E-state index in [1.165, 1.54) is 17.4 Å². The molecule has 0 aliphatic carbocycles. The van der Waals surface area contributed by atoms with Gasteiger partial charge in [-0.15, -0.1) is 11.3 Å². The minimum atomic E-state index is -0.211. The van der Waals surface area contributed by atoms with Gasteiger partial charge >= 0.3 is 0 Å². The number of hydrogen-bond donors (Lipinski definition) is 0. The normalized spacial score (nSPS) is 11.9. The van der Waals surface area contributed by atoms with Gasteiger partial charge in [-0.2, -0.15) is 0 Å². The number of furan rings is 1. The highest BCUT2D eigenvalue weighted by Gasteiger charge is 2.12. The summed E-state index contributed by atoms with van der Waals surface area (Å²) in [6, 6.07) is 9.25. The molecule has 0 aliphatic rings. The summed E-state index contributed by atoms with van der Waals surface area (Å²) in [6.07, 6.45) is 4.97. The molecule has 0 fully saturated rings. The summed E-state index contributed by atoms with van der Waals surface area (Å²) in [5.41, 5.74) is 1.38. The number of aromatic nitrogens is 2. The van der Waals surface area contributed by atoms with Gasteiger partial charge in [-0.3, -0.25) is 9.20 Å². The number of nitrogens with zero attached hydrogens (tertiary/aromatic N) is 2. The third kappa shape index (κ3) is 2.15. The number of fused-ring (bicyclic) bond motifs is 2. The van der Waals surface area contributed by atoms with Crippen molar-refractivity contribution in [2.45, 2.75) is 0 Å². The molecule has 4 rings (SSSR count). The second kappa shape index (κ2) is 5.12. The second-order valence-corrected chi connectivity index (χ2v) is 5.92.